The fraction of sp³-hybridized carbons (Fsp3) is 0.467. The summed E-state index contributed by atoms with van der Waals surface area (Å²) in [6, 6.07) is 7.95. The van der Waals surface area contributed by atoms with Crippen LogP contribution in [0.3, 0.4) is 0 Å². The van der Waals surface area contributed by atoms with Gasteiger partial charge in [-0.15, -0.1) is 5.10 Å². The highest BCUT2D eigenvalue weighted by atomic mass is 32.2. The summed E-state index contributed by atoms with van der Waals surface area (Å²) in [4.78, 5) is 12.4. The summed E-state index contributed by atoms with van der Waals surface area (Å²) in [6.45, 7) is 6.15. The Kier molecular flexibility index (Phi) is 5.54. The molecular formula is C15H21N5OS. The van der Waals surface area contributed by atoms with Crippen molar-refractivity contribution in [3.05, 3.63) is 29.8 Å². The third kappa shape index (κ3) is 3.85. The van der Waals surface area contributed by atoms with E-state index in [0.717, 1.165) is 17.7 Å². The van der Waals surface area contributed by atoms with Crippen molar-refractivity contribution in [2.75, 3.05) is 5.32 Å². The molecule has 1 N–H and O–H groups in total. The molecule has 0 fully saturated rings. The first-order valence-electron chi connectivity index (χ1n) is 7.31. The molecule has 1 aromatic heterocycles. The molecule has 22 heavy (non-hydrogen) atoms. The fourth-order valence-electron chi connectivity index (χ4n) is 2.03. The molecule has 2 aromatic rings. The van der Waals surface area contributed by atoms with Crippen molar-refractivity contribution in [2.45, 2.75) is 43.5 Å². The number of tetrazole rings is 1. The van der Waals surface area contributed by atoms with E-state index < -0.39 is 0 Å². The van der Waals surface area contributed by atoms with Crippen LogP contribution in [-0.4, -0.2) is 31.4 Å². The highest BCUT2D eigenvalue weighted by molar-refractivity contribution is 8.00. The number of rotatable bonds is 6. The Morgan fingerprint density at radius 1 is 1.36 bits per heavy atom. The first kappa shape index (κ1) is 16.5. The van der Waals surface area contributed by atoms with E-state index in [9.17, 15) is 4.79 Å². The highest BCUT2D eigenvalue weighted by Gasteiger charge is 2.19. The van der Waals surface area contributed by atoms with Gasteiger partial charge in [0, 0.05) is 12.7 Å². The molecule has 6 nitrogen and oxygen atoms in total. The van der Waals surface area contributed by atoms with Gasteiger partial charge in [-0.3, -0.25) is 4.79 Å². The average molecular weight is 319 g/mol. The van der Waals surface area contributed by atoms with Gasteiger partial charge in [0.1, 0.15) is 0 Å². The molecule has 118 valence electrons. The third-order valence-corrected chi connectivity index (χ3v) is 4.72. The first-order chi connectivity index (χ1) is 10.5. The van der Waals surface area contributed by atoms with E-state index >= 15 is 0 Å². The molecule has 1 aromatic carbocycles. The van der Waals surface area contributed by atoms with E-state index in [0.29, 0.717) is 11.1 Å². The number of nitrogens with zero attached hydrogens (tertiary/aromatic N) is 4. The molecule has 2 rings (SSSR count). The maximum atomic E-state index is 12.4. The number of amides is 1. The number of aromatic nitrogens is 4. The normalized spacial score (nSPS) is 13.6. The van der Waals surface area contributed by atoms with Crippen LogP contribution in [-0.2, 0) is 11.8 Å². The van der Waals surface area contributed by atoms with Gasteiger partial charge in [-0.2, -0.15) is 0 Å². The van der Waals surface area contributed by atoms with Gasteiger partial charge < -0.3 is 5.32 Å². The molecule has 0 unspecified atom stereocenters. The van der Waals surface area contributed by atoms with Gasteiger partial charge in [-0.05, 0) is 41.3 Å². The third-order valence-electron chi connectivity index (χ3n) is 3.59. The van der Waals surface area contributed by atoms with Crippen LogP contribution >= 0.6 is 11.8 Å². The van der Waals surface area contributed by atoms with Crippen molar-refractivity contribution < 1.29 is 4.79 Å². The zero-order valence-corrected chi connectivity index (χ0v) is 14.1. The smallest absolute Gasteiger partial charge is 0.237 e. The molecule has 1 amide bonds. The summed E-state index contributed by atoms with van der Waals surface area (Å²) >= 11 is 1.34. The lowest BCUT2D eigenvalue weighted by atomic mass is 9.97. The summed E-state index contributed by atoms with van der Waals surface area (Å²) in [5.41, 5.74) is 2.04. The second-order valence-corrected chi connectivity index (χ2v) is 6.54. The molecular weight excluding hydrogens is 298 g/mol. The Bertz CT molecular complexity index is 642. The molecule has 0 saturated heterocycles. The Morgan fingerprint density at radius 2 is 2.09 bits per heavy atom. The topological polar surface area (TPSA) is 72.7 Å². The zero-order chi connectivity index (χ0) is 16.1. The van der Waals surface area contributed by atoms with Crippen LogP contribution in [0.2, 0.25) is 0 Å². The van der Waals surface area contributed by atoms with Crippen molar-refractivity contribution in [3.63, 3.8) is 0 Å². The molecule has 2 atom stereocenters. The minimum absolute atomic E-state index is 0.0521. The number of hydrogen-bond acceptors (Lipinski definition) is 5. The van der Waals surface area contributed by atoms with Crippen molar-refractivity contribution in [1.29, 1.82) is 0 Å². The number of nitrogens with one attached hydrogen (secondary N) is 1. The van der Waals surface area contributed by atoms with E-state index in [1.165, 1.54) is 11.8 Å². The minimum atomic E-state index is -0.283. The maximum absolute atomic E-state index is 12.4. The van der Waals surface area contributed by atoms with Crippen molar-refractivity contribution in [3.8, 4) is 0 Å². The van der Waals surface area contributed by atoms with Gasteiger partial charge >= 0.3 is 0 Å². The van der Waals surface area contributed by atoms with Crippen LogP contribution in [0.4, 0.5) is 5.69 Å². The Labute approximate surface area is 134 Å². The molecule has 0 bridgehead atoms. The maximum Gasteiger partial charge on any atom is 0.237 e. The number of anilines is 1. The van der Waals surface area contributed by atoms with E-state index in [4.69, 9.17) is 0 Å². The molecule has 0 saturated carbocycles. The number of carbonyl (C=O) groups excluding carboxylic acids is 1. The van der Waals surface area contributed by atoms with Gasteiger partial charge in [0.05, 0.1) is 5.25 Å². The Morgan fingerprint density at radius 3 is 2.73 bits per heavy atom. The molecule has 1 heterocycles. The van der Waals surface area contributed by atoms with Gasteiger partial charge in [0.25, 0.3) is 0 Å². The zero-order valence-electron chi connectivity index (χ0n) is 13.3. The van der Waals surface area contributed by atoms with Crippen LogP contribution in [0, 0.1) is 0 Å². The summed E-state index contributed by atoms with van der Waals surface area (Å²) < 4.78 is 1.56. The Balaban J connectivity index is 2.07. The predicted molar refractivity (Wildman–Crippen MR) is 87.9 cm³/mol. The van der Waals surface area contributed by atoms with Crippen molar-refractivity contribution in [2.24, 2.45) is 7.05 Å². The predicted octanol–water partition coefficient (Wildman–Crippen LogP) is 2.84. The molecule has 0 radical (unpaired) electrons. The monoisotopic (exact) mass is 319 g/mol. The summed E-state index contributed by atoms with van der Waals surface area (Å²) in [7, 11) is 1.76. The van der Waals surface area contributed by atoms with E-state index in [1.54, 1.807) is 11.7 Å². The van der Waals surface area contributed by atoms with Gasteiger partial charge in [-0.25, -0.2) is 4.68 Å². The van der Waals surface area contributed by atoms with E-state index in [-0.39, 0.29) is 11.2 Å². The first-order valence-corrected chi connectivity index (χ1v) is 8.19. The van der Waals surface area contributed by atoms with Crippen molar-refractivity contribution in [1.82, 2.24) is 20.2 Å². The number of carbonyl (C=O) groups is 1. The number of aryl methyl sites for hydroxylation is 1. The Hall–Kier alpha value is -1.89. The summed E-state index contributed by atoms with van der Waals surface area (Å²) in [5, 5.41) is 14.6. The quantitative estimate of drug-likeness (QED) is 0.829. The lowest BCUT2D eigenvalue weighted by Crippen LogP contribution is -2.23. The van der Waals surface area contributed by atoms with Crippen LogP contribution in [0.1, 0.15) is 38.7 Å². The lowest BCUT2D eigenvalue weighted by molar-refractivity contribution is -0.115. The number of benzene rings is 1. The van der Waals surface area contributed by atoms with Crippen LogP contribution in [0.5, 0.6) is 0 Å². The lowest BCUT2D eigenvalue weighted by Gasteiger charge is -2.17. The molecule has 0 aliphatic rings. The fourth-order valence-corrected chi connectivity index (χ4v) is 2.78. The van der Waals surface area contributed by atoms with Gasteiger partial charge in [0.2, 0.25) is 11.1 Å². The minimum Gasteiger partial charge on any atom is -0.325 e. The second kappa shape index (κ2) is 7.40. The molecule has 0 aliphatic carbocycles. The summed E-state index contributed by atoms with van der Waals surface area (Å²) in [5.74, 6) is 0.353. The number of para-hydroxylation sites is 1. The summed E-state index contributed by atoms with van der Waals surface area (Å²) in [6.07, 6.45) is 1.03. The van der Waals surface area contributed by atoms with Gasteiger partial charge in [0.15, 0.2) is 0 Å². The number of thioether (sulfide) groups is 1. The molecule has 0 aliphatic heterocycles. The molecule has 7 heteroatoms. The molecule has 0 spiro atoms. The number of hydrogen-bond donors (Lipinski definition) is 1. The second-order valence-electron chi connectivity index (χ2n) is 5.23. The highest BCUT2D eigenvalue weighted by Crippen LogP contribution is 2.27. The van der Waals surface area contributed by atoms with E-state index in [1.807, 2.05) is 25.1 Å². The standard InChI is InChI=1S/C15H21N5OS/c1-5-10(2)12-8-6-7-9-13(12)16-14(21)11(3)22-15-17-18-19-20(15)4/h6-11H,5H2,1-4H3,(H,16,21)/t10-,11+/m1/s1. The average Bonchev–Trinajstić information content (AvgIpc) is 2.92. The van der Waals surface area contributed by atoms with Crippen molar-refractivity contribution >= 4 is 23.4 Å². The van der Waals surface area contributed by atoms with Crippen LogP contribution in [0.15, 0.2) is 29.4 Å². The van der Waals surface area contributed by atoms with Crippen LogP contribution in [0.25, 0.3) is 0 Å². The van der Waals surface area contributed by atoms with E-state index in [2.05, 4.69) is 40.8 Å². The SMILES string of the molecule is CC[C@@H](C)c1ccccc1NC(=O)[C@H](C)Sc1nnnn1C. The largest absolute Gasteiger partial charge is 0.325 e. The van der Waals surface area contributed by atoms with Crippen LogP contribution < -0.4 is 5.32 Å². The van der Waals surface area contributed by atoms with Gasteiger partial charge in [-0.1, -0.05) is 43.8 Å².